The minimum absolute atomic E-state index is 0.265. The van der Waals surface area contributed by atoms with Crippen LogP contribution in [0, 0.1) is 0 Å². The Balaban J connectivity index is 1.55. The van der Waals surface area contributed by atoms with E-state index in [4.69, 9.17) is 4.42 Å². The fraction of sp³-hybridized carbons (Fsp3) is 0. The maximum atomic E-state index is 12.4. The first kappa shape index (κ1) is 15.7. The maximum Gasteiger partial charge on any atom is 0.291 e. The Hall–Kier alpha value is -2.85. The summed E-state index contributed by atoms with van der Waals surface area (Å²) in [5.41, 5.74) is 1.67. The third-order valence-corrected chi connectivity index (χ3v) is 4.49. The molecule has 3 aromatic carbocycles. The van der Waals surface area contributed by atoms with E-state index in [0.717, 1.165) is 26.5 Å². The van der Waals surface area contributed by atoms with E-state index in [1.807, 2.05) is 66.7 Å². The van der Waals surface area contributed by atoms with Crippen molar-refractivity contribution in [3.63, 3.8) is 0 Å². The number of halogens is 1. The first-order chi connectivity index (χ1) is 12.2. The lowest BCUT2D eigenvalue weighted by Gasteiger charge is -2.05. The van der Waals surface area contributed by atoms with Crippen molar-refractivity contribution in [3.05, 3.63) is 89.1 Å². The van der Waals surface area contributed by atoms with E-state index in [0.29, 0.717) is 5.76 Å². The first-order valence-electron chi connectivity index (χ1n) is 7.85. The van der Waals surface area contributed by atoms with Crippen LogP contribution in [0.15, 0.2) is 87.8 Å². The van der Waals surface area contributed by atoms with Gasteiger partial charge in [-0.3, -0.25) is 4.79 Å². The number of benzene rings is 3. The van der Waals surface area contributed by atoms with Gasteiger partial charge in [-0.05, 0) is 47.2 Å². The molecule has 0 saturated carbocycles. The Labute approximate surface area is 153 Å². The molecule has 0 radical (unpaired) electrons. The zero-order chi connectivity index (χ0) is 17.2. The van der Waals surface area contributed by atoms with E-state index in [2.05, 4.69) is 21.2 Å². The standard InChI is InChI=1S/C21H14BrNO2/c22-17-8-5-15(6-9-17)19-11-12-20(25-19)21(24)23-18-10-7-14-3-1-2-4-16(14)13-18/h1-13H,(H,23,24). The second-order valence-corrected chi connectivity index (χ2v) is 6.60. The van der Waals surface area contributed by atoms with E-state index in [1.165, 1.54) is 0 Å². The van der Waals surface area contributed by atoms with Gasteiger partial charge in [0.25, 0.3) is 5.91 Å². The highest BCUT2D eigenvalue weighted by molar-refractivity contribution is 9.10. The molecule has 0 saturated heterocycles. The van der Waals surface area contributed by atoms with Crippen molar-refractivity contribution < 1.29 is 9.21 Å². The van der Waals surface area contributed by atoms with Crippen LogP contribution >= 0.6 is 15.9 Å². The molecule has 1 amide bonds. The monoisotopic (exact) mass is 391 g/mol. The van der Waals surface area contributed by atoms with Crippen molar-refractivity contribution in [3.8, 4) is 11.3 Å². The Morgan fingerprint density at radius 3 is 2.40 bits per heavy atom. The summed E-state index contributed by atoms with van der Waals surface area (Å²) in [4.78, 5) is 12.4. The van der Waals surface area contributed by atoms with Crippen LogP contribution in [0.25, 0.3) is 22.1 Å². The van der Waals surface area contributed by atoms with Crippen molar-refractivity contribution in [2.75, 3.05) is 5.32 Å². The molecule has 1 N–H and O–H groups in total. The van der Waals surface area contributed by atoms with Gasteiger partial charge in [0.15, 0.2) is 5.76 Å². The molecule has 0 aliphatic heterocycles. The Kier molecular flexibility index (Phi) is 4.12. The van der Waals surface area contributed by atoms with Crippen LogP contribution in [0.2, 0.25) is 0 Å². The summed E-state index contributed by atoms with van der Waals surface area (Å²) in [6.45, 7) is 0. The van der Waals surface area contributed by atoms with Gasteiger partial charge in [-0.2, -0.15) is 0 Å². The van der Waals surface area contributed by atoms with Gasteiger partial charge >= 0.3 is 0 Å². The van der Waals surface area contributed by atoms with E-state index in [1.54, 1.807) is 12.1 Å². The average Bonchev–Trinajstić information content (AvgIpc) is 3.12. The topological polar surface area (TPSA) is 42.2 Å². The number of rotatable bonds is 3. The predicted octanol–water partition coefficient (Wildman–Crippen LogP) is 6.11. The molecule has 0 aliphatic carbocycles. The molecule has 4 aromatic rings. The van der Waals surface area contributed by atoms with Crippen molar-refractivity contribution in [1.29, 1.82) is 0 Å². The lowest BCUT2D eigenvalue weighted by Crippen LogP contribution is -2.10. The fourth-order valence-corrected chi connectivity index (χ4v) is 2.95. The van der Waals surface area contributed by atoms with Gasteiger partial charge in [-0.25, -0.2) is 0 Å². The number of amides is 1. The zero-order valence-electron chi connectivity index (χ0n) is 13.2. The molecule has 0 unspecified atom stereocenters. The second-order valence-electron chi connectivity index (χ2n) is 5.69. The summed E-state index contributed by atoms with van der Waals surface area (Å²) >= 11 is 3.41. The number of fused-ring (bicyclic) bond motifs is 1. The van der Waals surface area contributed by atoms with Crippen LogP contribution in [0.1, 0.15) is 10.6 Å². The summed E-state index contributed by atoms with van der Waals surface area (Å²) in [5.74, 6) is 0.681. The Bertz CT molecular complexity index is 1050. The summed E-state index contributed by atoms with van der Waals surface area (Å²) in [6, 6.07) is 25.1. The van der Waals surface area contributed by atoms with Gasteiger partial charge in [-0.1, -0.05) is 58.4 Å². The van der Waals surface area contributed by atoms with Crippen molar-refractivity contribution in [1.82, 2.24) is 0 Å². The molecule has 4 rings (SSSR count). The Morgan fingerprint density at radius 2 is 1.60 bits per heavy atom. The van der Waals surface area contributed by atoms with Crippen LogP contribution in [0.4, 0.5) is 5.69 Å². The smallest absolute Gasteiger partial charge is 0.291 e. The van der Waals surface area contributed by atoms with Gasteiger partial charge < -0.3 is 9.73 Å². The SMILES string of the molecule is O=C(Nc1ccc2ccccc2c1)c1ccc(-c2ccc(Br)cc2)o1. The highest BCUT2D eigenvalue weighted by Crippen LogP contribution is 2.25. The number of furan rings is 1. The predicted molar refractivity (Wildman–Crippen MR) is 104 cm³/mol. The number of hydrogen-bond donors (Lipinski definition) is 1. The summed E-state index contributed by atoms with van der Waals surface area (Å²) in [6.07, 6.45) is 0. The molecular formula is C21H14BrNO2. The number of nitrogens with one attached hydrogen (secondary N) is 1. The van der Waals surface area contributed by atoms with E-state index in [-0.39, 0.29) is 11.7 Å². The molecule has 122 valence electrons. The zero-order valence-corrected chi connectivity index (χ0v) is 14.8. The molecule has 0 bridgehead atoms. The molecule has 0 aliphatic rings. The lowest BCUT2D eigenvalue weighted by molar-refractivity contribution is 0.0997. The number of carbonyl (C=O) groups is 1. The van der Waals surface area contributed by atoms with Gasteiger partial charge in [0.05, 0.1) is 0 Å². The molecule has 4 heteroatoms. The van der Waals surface area contributed by atoms with Crippen LogP contribution in [-0.2, 0) is 0 Å². The second kappa shape index (κ2) is 6.57. The first-order valence-corrected chi connectivity index (χ1v) is 8.64. The van der Waals surface area contributed by atoms with Crippen molar-refractivity contribution in [2.24, 2.45) is 0 Å². The lowest BCUT2D eigenvalue weighted by atomic mass is 10.1. The van der Waals surface area contributed by atoms with Crippen LogP contribution in [0.3, 0.4) is 0 Å². The third kappa shape index (κ3) is 3.35. The number of carbonyl (C=O) groups excluding carboxylic acids is 1. The minimum Gasteiger partial charge on any atom is -0.451 e. The summed E-state index contributed by atoms with van der Waals surface area (Å²) in [5, 5.41) is 5.10. The van der Waals surface area contributed by atoms with E-state index in [9.17, 15) is 4.79 Å². The molecule has 3 nitrogen and oxygen atoms in total. The molecule has 0 atom stereocenters. The number of anilines is 1. The third-order valence-electron chi connectivity index (χ3n) is 3.97. The molecule has 0 fully saturated rings. The summed E-state index contributed by atoms with van der Waals surface area (Å²) < 4.78 is 6.70. The van der Waals surface area contributed by atoms with Crippen LogP contribution in [0.5, 0.6) is 0 Å². The molecule has 1 aromatic heterocycles. The Morgan fingerprint density at radius 1 is 0.840 bits per heavy atom. The maximum absolute atomic E-state index is 12.4. The van der Waals surface area contributed by atoms with Crippen LogP contribution in [-0.4, -0.2) is 5.91 Å². The number of hydrogen-bond acceptors (Lipinski definition) is 2. The quantitative estimate of drug-likeness (QED) is 0.457. The van der Waals surface area contributed by atoms with Crippen molar-refractivity contribution >= 4 is 38.3 Å². The van der Waals surface area contributed by atoms with Gasteiger partial charge in [0.1, 0.15) is 5.76 Å². The van der Waals surface area contributed by atoms with E-state index >= 15 is 0 Å². The minimum atomic E-state index is -0.265. The molecule has 1 heterocycles. The van der Waals surface area contributed by atoms with Crippen molar-refractivity contribution in [2.45, 2.75) is 0 Å². The molecule has 25 heavy (non-hydrogen) atoms. The van der Waals surface area contributed by atoms with Gasteiger partial charge in [0, 0.05) is 15.7 Å². The largest absolute Gasteiger partial charge is 0.451 e. The highest BCUT2D eigenvalue weighted by atomic mass is 79.9. The van der Waals surface area contributed by atoms with Gasteiger partial charge in [0.2, 0.25) is 0 Å². The summed E-state index contributed by atoms with van der Waals surface area (Å²) in [7, 11) is 0. The van der Waals surface area contributed by atoms with Crippen LogP contribution < -0.4 is 5.32 Å². The highest BCUT2D eigenvalue weighted by Gasteiger charge is 2.12. The molecule has 0 spiro atoms. The normalized spacial score (nSPS) is 10.8. The van der Waals surface area contributed by atoms with E-state index < -0.39 is 0 Å². The molecular weight excluding hydrogens is 378 g/mol. The average molecular weight is 392 g/mol. The fourth-order valence-electron chi connectivity index (χ4n) is 2.69. The van der Waals surface area contributed by atoms with Gasteiger partial charge in [-0.15, -0.1) is 0 Å².